The molecular formula is C14H16ClNO2. The van der Waals surface area contributed by atoms with Gasteiger partial charge in [-0.05, 0) is 24.6 Å². The topological polar surface area (TPSA) is 29.5 Å². The van der Waals surface area contributed by atoms with Crippen LogP contribution in [0.4, 0.5) is 0 Å². The number of nitrogens with zero attached hydrogens (tertiary/aromatic N) is 1. The molecule has 0 saturated heterocycles. The van der Waals surface area contributed by atoms with Gasteiger partial charge in [-0.1, -0.05) is 24.4 Å². The van der Waals surface area contributed by atoms with E-state index in [1.165, 1.54) is 7.11 Å². The highest BCUT2D eigenvalue weighted by Gasteiger charge is 2.18. The molecule has 0 N–H and O–H groups in total. The molecule has 4 heteroatoms. The highest BCUT2D eigenvalue weighted by molar-refractivity contribution is 6.31. The smallest absolute Gasteiger partial charge is 0.258 e. The molecule has 1 aromatic rings. The Hall–Kier alpha value is -1.66. The van der Waals surface area contributed by atoms with Crippen LogP contribution in [0, 0.1) is 12.3 Å². The van der Waals surface area contributed by atoms with Crippen molar-refractivity contribution < 1.29 is 9.53 Å². The van der Waals surface area contributed by atoms with Crippen LogP contribution in [-0.4, -0.2) is 31.0 Å². The van der Waals surface area contributed by atoms with Crippen molar-refractivity contribution in [3.63, 3.8) is 0 Å². The predicted octanol–water partition coefficient (Wildman–Crippen LogP) is 2.83. The molecule has 0 aliphatic heterocycles. The number of hydrogen-bond donors (Lipinski definition) is 0. The fraction of sp³-hybridized carbons (Fsp3) is 0.357. The molecule has 0 aromatic heterocycles. The lowest BCUT2D eigenvalue weighted by molar-refractivity contribution is 0.0773. The maximum absolute atomic E-state index is 12.3. The number of terminal acetylenes is 1. The van der Waals surface area contributed by atoms with Gasteiger partial charge in [-0.25, -0.2) is 0 Å². The van der Waals surface area contributed by atoms with Gasteiger partial charge in [0, 0.05) is 11.6 Å². The van der Waals surface area contributed by atoms with Crippen LogP contribution in [0.2, 0.25) is 5.02 Å². The molecule has 1 aromatic carbocycles. The minimum absolute atomic E-state index is 0.158. The maximum Gasteiger partial charge on any atom is 0.258 e. The first-order valence-electron chi connectivity index (χ1n) is 5.70. The van der Waals surface area contributed by atoms with Crippen LogP contribution >= 0.6 is 11.6 Å². The van der Waals surface area contributed by atoms with Crippen LogP contribution in [0.3, 0.4) is 0 Å². The zero-order valence-corrected chi connectivity index (χ0v) is 11.3. The largest absolute Gasteiger partial charge is 0.496 e. The molecule has 3 nitrogen and oxygen atoms in total. The Morgan fingerprint density at radius 2 is 2.28 bits per heavy atom. The average Bonchev–Trinajstić information content (AvgIpc) is 2.37. The number of amides is 1. The van der Waals surface area contributed by atoms with Crippen LogP contribution in [0.25, 0.3) is 0 Å². The van der Waals surface area contributed by atoms with E-state index in [1.807, 2.05) is 6.92 Å². The summed E-state index contributed by atoms with van der Waals surface area (Å²) in [7, 11) is 1.52. The summed E-state index contributed by atoms with van der Waals surface area (Å²) in [6.07, 6.45) is 6.12. The molecule has 0 saturated carbocycles. The normalized spacial score (nSPS) is 9.67. The Labute approximate surface area is 113 Å². The first-order chi connectivity index (χ1) is 8.63. The maximum atomic E-state index is 12.3. The second kappa shape index (κ2) is 6.93. The van der Waals surface area contributed by atoms with E-state index < -0.39 is 0 Å². The Morgan fingerprint density at radius 1 is 1.56 bits per heavy atom. The second-order valence-electron chi connectivity index (χ2n) is 3.78. The SMILES string of the molecule is C#CCN(CCC)C(=O)c1cc(Cl)ccc1OC. The lowest BCUT2D eigenvalue weighted by atomic mass is 10.1. The van der Waals surface area contributed by atoms with E-state index in [0.717, 1.165) is 6.42 Å². The van der Waals surface area contributed by atoms with Gasteiger partial charge in [-0.3, -0.25) is 4.79 Å². The Balaban J connectivity index is 3.07. The van der Waals surface area contributed by atoms with Crippen LogP contribution in [0.5, 0.6) is 5.75 Å². The molecule has 0 radical (unpaired) electrons. The number of carbonyl (C=O) groups excluding carboxylic acids is 1. The number of halogens is 1. The lowest BCUT2D eigenvalue weighted by Crippen LogP contribution is -2.32. The summed E-state index contributed by atoms with van der Waals surface area (Å²) in [5.74, 6) is 2.83. The molecule has 0 aliphatic carbocycles. The minimum Gasteiger partial charge on any atom is -0.496 e. The lowest BCUT2D eigenvalue weighted by Gasteiger charge is -2.20. The zero-order chi connectivity index (χ0) is 13.5. The van der Waals surface area contributed by atoms with E-state index in [4.69, 9.17) is 22.8 Å². The zero-order valence-electron chi connectivity index (χ0n) is 10.6. The van der Waals surface area contributed by atoms with E-state index in [9.17, 15) is 4.79 Å². The predicted molar refractivity (Wildman–Crippen MR) is 73.0 cm³/mol. The molecule has 0 aliphatic rings. The van der Waals surface area contributed by atoms with Crippen molar-refractivity contribution in [1.82, 2.24) is 4.90 Å². The van der Waals surface area contributed by atoms with Gasteiger partial charge < -0.3 is 9.64 Å². The third-order valence-corrected chi connectivity index (χ3v) is 2.69. The third kappa shape index (κ3) is 3.41. The van der Waals surface area contributed by atoms with Gasteiger partial charge in [-0.15, -0.1) is 6.42 Å². The number of ether oxygens (including phenoxy) is 1. The van der Waals surface area contributed by atoms with Crippen LogP contribution in [0.1, 0.15) is 23.7 Å². The summed E-state index contributed by atoms with van der Waals surface area (Å²) in [5.41, 5.74) is 0.439. The summed E-state index contributed by atoms with van der Waals surface area (Å²) < 4.78 is 5.17. The first-order valence-corrected chi connectivity index (χ1v) is 6.08. The molecule has 0 fully saturated rings. The van der Waals surface area contributed by atoms with Crippen molar-refractivity contribution in [2.45, 2.75) is 13.3 Å². The molecule has 0 unspecified atom stereocenters. The monoisotopic (exact) mass is 265 g/mol. The van der Waals surface area contributed by atoms with Gasteiger partial charge in [0.05, 0.1) is 19.2 Å². The standard InChI is InChI=1S/C14H16ClNO2/c1-4-8-16(9-5-2)14(17)12-10-11(15)6-7-13(12)18-3/h1,6-7,10H,5,8-9H2,2-3H3. The summed E-state index contributed by atoms with van der Waals surface area (Å²) in [5, 5.41) is 0.497. The van der Waals surface area contributed by atoms with Crippen LogP contribution in [-0.2, 0) is 0 Å². The molecule has 0 bridgehead atoms. The third-order valence-electron chi connectivity index (χ3n) is 2.45. The van der Waals surface area contributed by atoms with Crippen molar-refractivity contribution in [1.29, 1.82) is 0 Å². The van der Waals surface area contributed by atoms with Crippen molar-refractivity contribution in [2.24, 2.45) is 0 Å². The highest BCUT2D eigenvalue weighted by atomic mass is 35.5. The summed E-state index contributed by atoms with van der Waals surface area (Å²) >= 11 is 5.91. The quantitative estimate of drug-likeness (QED) is 0.766. The number of hydrogen-bond acceptors (Lipinski definition) is 2. The van der Waals surface area contributed by atoms with E-state index in [2.05, 4.69) is 5.92 Å². The van der Waals surface area contributed by atoms with Gasteiger partial charge in [0.1, 0.15) is 5.75 Å². The molecule has 0 atom stereocenters. The fourth-order valence-corrected chi connectivity index (χ4v) is 1.82. The van der Waals surface area contributed by atoms with E-state index in [1.54, 1.807) is 23.1 Å². The van der Waals surface area contributed by atoms with Gasteiger partial charge >= 0.3 is 0 Å². The highest BCUT2D eigenvalue weighted by Crippen LogP contribution is 2.24. The fourth-order valence-electron chi connectivity index (χ4n) is 1.65. The Kier molecular flexibility index (Phi) is 5.54. The van der Waals surface area contributed by atoms with E-state index in [-0.39, 0.29) is 12.5 Å². The number of methoxy groups -OCH3 is 1. The molecule has 18 heavy (non-hydrogen) atoms. The Bertz CT molecular complexity index is 465. The Morgan fingerprint density at radius 3 is 2.83 bits per heavy atom. The number of rotatable bonds is 5. The van der Waals surface area contributed by atoms with E-state index >= 15 is 0 Å². The van der Waals surface area contributed by atoms with Gasteiger partial charge in [0.15, 0.2) is 0 Å². The van der Waals surface area contributed by atoms with Gasteiger partial charge in [0.2, 0.25) is 0 Å². The summed E-state index contributed by atoms with van der Waals surface area (Å²) in [4.78, 5) is 14.0. The van der Waals surface area contributed by atoms with Crippen molar-refractivity contribution >= 4 is 17.5 Å². The molecule has 1 amide bonds. The van der Waals surface area contributed by atoms with Gasteiger partial charge in [0.25, 0.3) is 5.91 Å². The molecule has 0 spiro atoms. The van der Waals surface area contributed by atoms with Crippen LogP contribution in [0.15, 0.2) is 18.2 Å². The summed E-state index contributed by atoms with van der Waals surface area (Å²) in [6, 6.07) is 4.96. The average molecular weight is 266 g/mol. The summed E-state index contributed by atoms with van der Waals surface area (Å²) in [6.45, 7) is 2.88. The van der Waals surface area contributed by atoms with Crippen LogP contribution < -0.4 is 4.74 Å². The van der Waals surface area contributed by atoms with Crippen molar-refractivity contribution in [3.05, 3.63) is 28.8 Å². The van der Waals surface area contributed by atoms with Crippen molar-refractivity contribution in [3.8, 4) is 18.1 Å². The number of carbonyl (C=O) groups is 1. The molecule has 96 valence electrons. The first kappa shape index (κ1) is 14.4. The number of benzene rings is 1. The molecular weight excluding hydrogens is 250 g/mol. The van der Waals surface area contributed by atoms with Gasteiger partial charge in [-0.2, -0.15) is 0 Å². The second-order valence-corrected chi connectivity index (χ2v) is 4.21. The van der Waals surface area contributed by atoms with E-state index in [0.29, 0.717) is 22.9 Å². The molecule has 0 heterocycles. The van der Waals surface area contributed by atoms with Crippen molar-refractivity contribution in [2.75, 3.05) is 20.2 Å². The minimum atomic E-state index is -0.158. The molecule has 1 rings (SSSR count).